The highest BCUT2D eigenvalue weighted by atomic mass is 16.5. The second kappa shape index (κ2) is 6.33. The molecule has 3 aromatic rings. The maximum atomic E-state index is 12.4. The number of carbonyl (C=O) groups excluding carboxylic acids is 2. The third kappa shape index (κ3) is 2.67. The largest absolute Gasteiger partial charge is 0.496 e. The lowest BCUT2D eigenvalue weighted by atomic mass is 10.0. The zero-order valence-corrected chi connectivity index (χ0v) is 13.9. The molecule has 0 spiro atoms. The van der Waals surface area contributed by atoms with Crippen LogP contribution in [0.4, 0.5) is 5.69 Å². The molecule has 2 N–H and O–H groups in total. The van der Waals surface area contributed by atoms with E-state index in [2.05, 4.69) is 15.6 Å². The minimum atomic E-state index is -0.470. The Morgan fingerprint density at radius 3 is 2.69 bits per heavy atom. The van der Waals surface area contributed by atoms with Crippen LogP contribution in [0.25, 0.3) is 16.5 Å². The van der Waals surface area contributed by atoms with Crippen LogP contribution in [0.3, 0.4) is 0 Å². The lowest BCUT2D eigenvalue weighted by Gasteiger charge is -2.11. The number of ether oxygens (including phenoxy) is 1. The molecule has 0 saturated carbocycles. The average molecular weight is 345 g/mol. The first-order valence-corrected chi connectivity index (χ1v) is 8.02. The van der Waals surface area contributed by atoms with Crippen LogP contribution in [-0.2, 0) is 9.59 Å². The van der Waals surface area contributed by atoms with E-state index in [0.717, 1.165) is 10.9 Å². The molecule has 2 aromatic carbocycles. The van der Waals surface area contributed by atoms with Crippen molar-refractivity contribution in [2.75, 3.05) is 12.4 Å². The summed E-state index contributed by atoms with van der Waals surface area (Å²) in [7, 11) is 1.53. The number of anilines is 1. The van der Waals surface area contributed by atoms with Crippen molar-refractivity contribution in [2.24, 2.45) is 0 Å². The molecular weight excluding hydrogens is 330 g/mol. The van der Waals surface area contributed by atoms with Crippen molar-refractivity contribution in [1.82, 2.24) is 10.3 Å². The van der Waals surface area contributed by atoms with Gasteiger partial charge in [-0.1, -0.05) is 24.3 Å². The summed E-state index contributed by atoms with van der Waals surface area (Å²) in [5.41, 5.74) is 2.56. The van der Waals surface area contributed by atoms with Crippen molar-refractivity contribution in [1.29, 1.82) is 0 Å². The fourth-order valence-electron chi connectivity index (χ4n) is 2.98. The Hall–Kier alpha value is -3.67. The first kappa shape index (κ1) is 15.8. The molecule has 0 radical (unpaired) electrons. The number of aromatic nitrogens is 1. The molecule has 1 aliphatic heterocycles. The summed E-state index contributed by atoms with van der Waals surface area (Å²) in [6.45, 7) is 0. The molecule has 26 heavy (non-hydrogen) atoms. The summed E-state index contributed by atoms with van der Waals surface area (Å²) < 4.78 is 5.34. The maximum absolute atomic E-state index is 12.4. The predicted molar refractivity (Wildman–Crippen MR) is 98.4 cm³/mol. The lowest BCUT2D eigenvalue weighted by Crippen LogP contribution is -2.24. The van der Waals surface area contributed by atoms with Gasteiger partial charge >= 0.3 is 0 Å². The smallest absolute Gasteiger partial charge is 0.275 e. The zero-order chi connectivity index (χ0) is 18.1. The van der Waals surface area contributed by atoms with Gasteiger partial charge in [0.2, 0.25) is 0 Å². The SMILES string of the molecule is COc1ccccc1C1=C(Nc2ccc3ncccc3c2)C(=O)NC1=O. The van der Waals surface area contributed by atoms with E-state index >= 15 is 0 Å². The molecule has 0 atom stereocenters. The van der Waals surface area contributed by atoms with E-state index < -0.39 is 11.8 Å². The van der Waals surface area contributed by atoms with Crippen LogP contribution in [0.1, 0.15) is 5.56 Å². The van der Waals surface area contributed by atoms with Gasteiger partial charge in [0.05, 0.1) is 18.2 Å². The number of nitrogens with one attached hydrogen (secondary N) is 2. The summed E-state index contributed by atoms with van der Waals surface area (Å²) in [6.07, 6.45) is 1.72. The Balaban J connectivity index is 1.81. The summed E-state index contributed by atoms with van der Waals surface area (Å²) in [5, 5.41) is 6.35. The Bertz CT molecular complexity index is 1070. The molecule has 1 aromatic heterocycles. The standard InChI is InChI=1S/C20H15N3O3/c1-26-16-7-3-2-6-14(16)17-18(20(25)23-19(17)24)22-13-8-9-15-12(11-13)5-4-10-21-15/h2-11H,1H3,(H2,22,23,24,25). The second-order valence-electron chi connectivity index (χ2n) is 5.77. The average Bonchev–Trinajstić information content (AvgIpc) is 2.94. The number of imide groups is 1. The van der Waals surface area contributed by atoms with Crippen molar-refractivity contribution >= 4 is 34.0 Å². The number of para-hydroxylation sites is 1. The van der Waals surface area contributed by atoms with E-state index in [1.807, 2.05) is 30.3 Å². The van der Waals surface area contributed by atoms with Gasteiger partial charge in [-0.25, -0.2) is 0 Å². The number of hydrogen-bond donors (Lipinski definition) is 2. The second-order valence-corrected chi connectivity index (χ2v) is 5.77. The van der Waals surface area contributed by atoms with Crippen LogP contribution >= 0.6 is 0 Å². The molecular formula is C20H15N3O3. The highest BCUT2D eigenvalue weighted by Crippen LogP contribution is 2.32. The number of pyridine rings is 1. The fourth-order valence-corrected chi connectivity index (χ4v) is 2.98. The van der Waals surface area contributed by atoms with Crippen LogP contribution in [-0.4, -0.2) is 23.9 Å². The van der Waals surface area contributed by atoms with E-state index in [1.54, 1.807) is 30.5 Å². The van der Waals surface area contributed by atoms with Gasteiger partial charge in [-0.2, -0.15) is 0 Å². The molecule has 0 bridgehead atoms. The molecule has 128 valence electrons. The van der Waals surface area contributed by atoms with Gasteiger partial charge < -0.3 is 10.1 Å². The van der Waals surface area contributed by atoms with Crippen molar-refractivity contribution in [2.45, 2.75) is 0 Å². The van der Waals surface area contributed by atoms with Crippen LogP contribution in [0.2, 0.25) is 0 Å². The first-order chi connectivity index (χ1) is 12.7. The molecule has 6 nitrogen and oxygen atoms in total. The number of nitrogens with zero attached hydrogens (tertiary/aromatic N) is 1. The van der Waals surface area contributed by atoms with Gasteiger partial charge in [0, 0.05) is 22.8 Å². The fraction of sp³-hybridized carbons (Fsp3) is 0.0500. The number of benzene rings is 2. The number of carbonyl (C=O) groups is 2. The van der Waals surface area contributed by atoms with Gasteiger partial charge in [0.25, 0.3) is 11.8 Å². The Kier molecular flexibility index (Phi) is 3.85. The monoisotopic (exact) mass is 345 g/mol. The van der Waals surface area contributed by atoms with Gasteiger partial charge in [-0.05, 0) is 30.3 Å². The van der Waals surface area contributed by atoms with E-state index in [4.69, 9.17) is 4.74 Å². The molecule has 0 aliphatic carbocycles. The highest BCUT2D eigenvalue weighted by molar-refractivity contribution is 6.37. The van der Waals surface area contributed by atoms with Crippen molar-refractivity contribution in [3.63, 3.8) is 0 Å². The van der Waals surface area contributed by atoms with Crippen molar-refractivity contribution in [3.05, 3.63) is 72.1 Å². The maximum Gasteiger partial charge on any atom is 0.275 e. The molecule has 0 fully saturated rings. The zero-order valence-electron chi connectivity index (χ0n) is 13.9. The Labute approximate surface area is 149 Å². The number of methoxy groups -OCH3 is 1. The number of fused-ring (bicyclic) bond motifs is 1. The molecule has 4 rings (SSSR count). The first-order valence-electron chi connectivity index (χ1n) is 8.02. The van der Waals surface area contributed by atoms with Gasteiger partial charge in [0.15, 0.2) is 0 Å². The van der Waals surface area contributed by atoms with Gasteiger partial charge in [-0.3, -0.25) is 19.9 Å². The number of rotatable bonds is 4. The molecule has 2 heterocycles. The minimum Gasteiger partial charge on any atom is -0.496 e. The van der Waals surface area contributed by atoms with Gasteiger partial charge in [0.1, 0.15) is 11.4 Å². The molecule has 6 heteroatoms. The van der Waals surface area contributed by atoms with Gasteiger partial charge in [-0.15, -0.1) is 0 Å². The normalized spacial score (nSPS) is 13.9. The summed E-state index contributed by atoms with van der Waals surface area (Å²) in [6, 6.07) is 16.4. The molecule has 1 aliphatic rings. The summed E-state index contributed by atoms with van der Waals surface area (Å²) in [5.74, 6) is -0.402. The molecule has 2 amide bonds. The molecule has 0 saturated heterocycles. The van der Waals surface area contributed by atoms with Crippen LogP contribution in [0, 0.1) is 0 Å². The minimum absolute atomic E-state index is 0.197. The summed E-state index contributed by atoms with van der Waals surface area (Å²) in [4.78, 5) is 29.0. The van der Waals surface area contributed by atoms with E-state index in [0.29, 0.717) is 17.0 Å². The summed E-state index contributed by atoms with van der Waals surface area (Å²) >= 11 is 0. The van der Waals surface area contributed by atoms with Crippen LogP contribution in [0.15, 0.2) is 66.5 Å². The highest BCUT2D eigenvalue weighted by Gasteiger charge is 2.33. The number of amides is 2. The van der Waals surface area contributed by atoms with Crippen LogP contribution in [0.5, 0.6) is 5.75 Å². The topological polar surface area (TPSA) is 80.3 Å². The van der Waals surface area contributed by atoms with Crippen molar-refractivity contribution < 1.29 is 14.3 Å². The van der Waals surface area contributed by atoms with E-state index in [9.17, 15) is 9.59 Å². The predicted octanol–water partition coefficient (Wildman–Crippen LogP) is 2.72. The van der Waals surface area contributed by atoms with Crippen molar-refractivity contribution in [3.8, 4) is 5.75 Å². The van der Waals surface area contributed by atoms with Crippen LogP contribution < -0.4 is 15.4 Å². The lowest BCUT2D eigenvalue weighted by molar-refractivity contribution is -0.123. The quantitative estimate of drug-likeness (QED) is 0.711. The molecule has 0 unspecified atom stereocenters. The third-order valence-corrected chi connectivity index (χ3v) is 4.18. The third-order valence-electron chi connectivity index (χ3n) is 4.18. The van der Waals surface area contributed by atoms with E-state index in [-0.39, 0.29) is 11.3 Å². The Morgan fingerprint density at radius 2 is 1.85 bits per heavy atom. The number of hydrogen-bond acceptors (Lipinski definition) is 5. The Morgan fingerprint density at radius 1 is 1.00 bits per heavy atom. The van der Waals surface area contributed by atoms with E-state index in [1.165, 1.54) is 7.11 Å².